The standard InChI is InChI=1S/C14H16N2/c1-9-3-4-11(7-10(9)2)12-5-6-13(15)14(16)8-12/h3-8H,15-16H2,1-2H3. The maximum atomic E-state index is 5.80. The van der Waals surface area contributed by atoms with Gasteiger partial charge in [0.25, 0.3) is 0 Å². The summed E-state index contributed by atoms with van der Waals surface area (Å²) in [7, 11) is 0. The van der Waals surface area contributed by atoms with E-state index in [9.17, 15) is 0 Å². The SMILES string of the molecule is Cc1ccc(-c2ccc(N)c(N)c2)cc1C. The van der Waals surface area contributed by atoms with Crippen LogP contribution in [0.3, 0.4) is 0 Å². The van der Waals surface area contributed by atoms with E-state index in [4.69, 9.17) is 11.5 Å². The number of anilines is 2. The number of nitrogen functional groups attached to an aromatic ring is 2. The van der Waals surface area contributed by atoms with Gasteiger partial charge in [0.1, 0.15) is 0 Å². The number of rotatable bonds is 1. The van der Waals surface area contributed by atoms with Crippen LogP contribution in [-0.2, 0) is 0 Å². The third kappa shape index (κ3) is 1.87. The molecule has 0 amide bonds. The van der Waals surface area contributed by atoms with E-state index < -0.39 is 0 Å². The fourth-order valence-corrected chi connectivity index (χ4v) is 1.68. The van der Waals surface area contributed by atoms with Crippen LogP contribution < -0.4 is 11.5 Å². The lowest BCUT2D eigenvalue weighted by Gasteiger charge is -2.07. The summed E-state index contributed by atoms with van der Waals surface area (Å²) >= 11 is 0. The normalized spacial score (nSPS) is 10.4. The van der Waals surface area contributed by atoms with Gasteiger partial charge in [-0.25, -0.2) is 0 Å². The molecule has 0 aromatic heterocycles. The summed E-state index contributed by atoms with van der Waals surface area (Å²) in [5.41, 5.74) is 17.6. The number of benzene rings is 2. The van der Waals surface area contributed by atoms with Crippen molar-refractivity contribution >= 4 is 11.4 Å². The highest BCUT2D eigenvalue weighted by Gasteiger charge is 2.02. The van der Waals surface area contributed by atoms with Crippen LogP contribution in [0.5, 0.6) is 0 Å². The molecule has 2 aromatic rings. The quantitative estimate of drug-likeness (QED) is 0.713. The van der Waals surface area contributed by atoms with E-state index in [0.29, 0.717) is 11.4 Å². The Hall–Kier alpha value is -1.96. The molecule has 2 rings (SSSR count). The highest BCUT2D eigenvalue weighted by molar-refractivity contribution is 5.74. The van der Waals surface area contributed by atoms with Gasteiger partial charge in [-0.05, 0) is 48.2 Å². The minimum Gasteiger partial charge on any atom is -0.397 e. The van der Waals surface area contributed by atoms with Crippen molar-refractivity contribution in [3.63, 3.8) is 0 Å². The van der Waals surface area contributed by atoms with Crippen molar-refractivity contribution < 1.29 is 0 Å². The van der Waals surface area contributed by atoms with Gasteiger partial charge < -0.3 is 11.5 Å². The maximum absolute atomic E-state index is 5.80. The lowest BCUT2D eigenvalue weighted by atomic mass is 10.00. The topological polar surface area (TPSA) is 52.0 Å². The van der Waals surface area contributed by atoms with E-state index in [0.717, 1.165) is 5.56 Å². The first-order chi connectivity index (χ1) is 7.58. The van der Waals surface area contributed by atoms with Crippen LogP contribution >= 0.6 is 0 Å². The van der Waals surface area contributed by atoms with Crippen molar-refractivity contribution in [1.82, 2.24) is 0 Å². The first kappa shape index (κ1) is 10.6. The molecular weight excluding hydrogens is 196 g/mol. The van der Waals surface area contributed by atoms with Gasteiger partial charge in [0.2, 0.25) is 0 Å². The third-order valence-corrected chi connectivity index (χ3v) is 2.93. The Labute approximate surface area is 95.9 Å². The first-order valence-corrected chi connectivity index (χ1v) is 5.30. The zero-order chi connectivity index (χ0) is 11.7. The Bertz CT molecular complexity index is 481. The van der Waals surface area contributed by atoms with E-state index >= 15 is 0 Å². The molecule has 0 saturated carbocycles. The Morgan fingerprint density at radius 3 is 1.94 bits per heavy atom. The minimum atomic E-state index is 0.632. The molecule has 0 aliphatic heterocycles. The second kappa shape index (κ2) is 3.89. The predicted molar refractivity (Wildman–Crippen MR) is 70.2 cm³/mol. The maximum Gasteiger partial charge on any atom is 0.0554 e. The fourth-order valence-electron chi connectivity index (χ4n) is 1.68. The van der Waals surface area contributed by atoms with E-state index in [1.807, 2.05) is 18.2 Å². The molecule has 82 valence electrons. The van der Waals surface area contributed by atoms with Crippen molar-refractivity contribution in [3.05, 3.63) is 47.5 Å². The molecule has 0 radical (unpaired) electrons. The zero-order valence-electron chi connectivity index (χ0n) is 9.62. The predicted octanol–water partition coefficient (Wildman–Crippen LogP) is 3.13. The second-order valence-electron chi connectivity index (χ2n) is 4.14. The van der Waals surface area contributed by atoms with E-state index in [2.05, 4.69) is 32.0 Å². The monoisotopic (exact) mass is 212 g/mol. The number of hydrogen-bond donors (Lipinski definition) is 2. The summed E-state index contributed by atoms with van der Waals surface area (Å²) in [6.07, 6.45) is 0. The summed E-state index contributed by atoms with van der Waals surface area (Å²) in [6, 6.07) is 12.2. The largest absolute Gasteiger partial charge is 0.397 e. The van der Waals surface area contributed by atoms with Crippen molar-refractivity contribution in [2.24, 2.45) is 0 Å². The molecule has 2 aromatic carbocycles. The molecule has 4 N–H and O–H groups in total. The van der Waals surface area contributed by atoms with Gasteiger partial charge in [-0.1, -0.05) is 24.3 Å². The van der Waals surface area contributed by atoms with Crippen LogP contribution in [0.25, 0.3) is 11.1 Å². The van der Waals surface area contributed by atoms with Crippen LogP contribution in [0.2, 0.25) is 0 Å². The van der Waals surface area contributed by atoms with Crippen molar-refractivity contribution in [3.8, 4) is 11.1 Å². The van der Waals surface area contributed by atoms with Gasteiger partial charge >= 0.3 is 0 Å². The summed E-state index contributed by atoms with van der Waals surface area (Å²) in [4.78, 5) is 0. The van der Waals surface area contributed by atoms with Crippen LogP contribution in [-0.4, -0.2) is 0 Å². The highest BCUT2D eigenvalue weighted by Crippen LogP contribution is 2.26. The van der Waals surface area contributed by atoms with E-state index in [1.165, 1.54) is 16.7 Å². The summed E-state index contributed by atoms with van der Waals surface area (Å²) in [6.45, 7) is 4.22. The van der Waals surface area contributed by atoms with Crippen molar-refractivity contribution in [2.75, 3.05) is 11.5 Å². The van der Waals surface area contributed by atoms with Crippen LogP contribution in [0, 0.1) is 13.8 Å². The smallest absolute Gasteiger partial charge is 0.0554 e. The molecule has 0 heterocycles. The number of hydrogen-bond acceptors (Lipinski definition) is 2. The van der Waals surface area contributed by atoms with Crippen molar-refractivity contribution in [1.29, 1.82) is 0 Å². The molecule has 0 atom stereocenters. The Morgan fingerprint density at radius 2 is 1.31 bits per heavy atom. The lowest BCUT2D eigenvalue weighted by Crippen LogP contribution is -1.94. The van der Waals surface area contributed by atoms with Gasteiger partial charge in [0, 0.05) is 0 Å². The third-order valence-electron chi connectivity index (χ3n) is 2.93. The molecule has 0 aliphatic carbocycles. The molecule has 0 fully saturated rings. The van der Waals surface area contributed by atoms with Gasteiger partial charge in [-0.3, -0.25) is 0 Å². The highest BCUT2D eigenvalue weighted by atomic mass is 14.7. The number of nitrogens with two attached hydrogens (primary N) is 2. The average molecular weight is 212 g/mol. The van der Waals surface area contributed by atoms with Crippen LogP contribution in [0.15, 0.2) is 36.4 Å². The first-order valence-electron chi connectivity index (χ1n) is 5.30. The number of aryl methyl sites for hydroxylation is 2. The molecule has 2 heteroatoms. The van der Waals surface area contributed by atoms with Gasteiger partial charge in [-0.2, -0.15) is 0 Å². The molecule has 0 spiro atoms. The molecule has 0 saturated heterocycles. The van der Waals surface area contributed by atoms with Crippen molar-refractivity contribution in [2.45, 2.75) is 13.8 Å². The Kier molecular flexibility index (Phi) is 2.57. The Balaban J connectivity index is 2.50. The van der Waals surface area contributed by atoms with E-state index in [1.54, 1.807) is 0 Å². The molecule has 0 bridgehead atoms. The Morgan fingerprint density at radius 1 is 0.688 bits per heavy atom. The fraction of sp³-hybridized carbons (Fsp3) is 0.143. The summed E-state index contributed by atoms with van der Waals surface area (Å²) < 4.78 is 0. The average Bonchev–Trinajstić information content (AvgIpc) is 2.26. The van der Waals surface area contributed by atoms with Gasteiger partial charge in [0.05, 0.1) is 11.4 Å². The van der Waals surface area contributed by atoms with Crippen LogP contribution in [0.1, 0.15) is 11.1 Å². The molecule has 16 heavy (non-hydrogen) atoms. The van der Waals surface area contributed by atoms with Gasteiger partial charge in [0.15, 0.2) is 0 Å². The summed E-state index contributed by atoms with van der Waals surface area (Å²) in [5.74, 6) is 0. The minimum absolute atomic E-state index is 0.632. The molecule has 0 unspecified atom stereocenters. The van der Waals surface area contributed by atoms with E-state index in [-0.39, 0.29) is 0 Å². The molecule has 0 aliphatic rings. The second-order valence-corrected chi connectivity index (χ2v) is 4.14. The van der Waals surface area contributed by atoms with Gasteiger partial charge in [-0.15, -0.1) is 0 Å². The lowest BCUT2D eigenvalue weighted by molar-refractivity contribution is 1.34. The molecular formula is C14H16N2. The molecule has 2 nitrogen and oxygen atoms in total. The van der Waals surface area contributed by atoms with Crippen LogP contribution in [0.4, 0.5) is 11.4 Å². The zero-order valence-corrected chi connectivity index (χ0v) is 9.62. The summed E-state index contributed by atoms with van der Waals surface area (Å²) in [5, 5.41) is 0.